The molecular weight excluding hydrogens is 394 g/mol. The molecule has 4 rings (SSSR count). The zero-order valence-corrected chi connectivity index (χ0v) is 15.6. The van der Waals surface area contributed by atoms with Gasteiger partial charge < -0.3 is 4.90 Å². The Labute approximate surface area is 159 Å². The van der Waals surface area contributed by atoms with Crippen LogP contribution in [0, 0.1) is 0 Å². The maximum Gasteiger partial charge on any atom is 0.274 e. The lowest BCUT2D eigenvalue weighted by Crippen LogP contribution is -2.23. The fourth-order valence-corrected chi connectivity index (χ4v) is 3.93. The van der Waals surface area contributed by atoms with Gasteiger partial charge in [0.05, 0.1) is 17.3 Å². The van der Waals surface area contributed by atoms with E-state index < -0.39 is 5.91 Å². The zero-order chi connectivity index (χ0) is 18.1. The lowest BCUT2D eigenvalue weighted by atomic mass is 10.1. The van der Waals surface area contributed by atoms with Crippen LogP contribution in [-0.4, -0.2) is 22.6 Å². The van der Waals surface area contributed by atoms with E-state index in [2.05, 4.69) is 39.0 Å². The number of benzene rings is 2. The minimum atomic E-state index is -0.503. The molecule has 6 heteroatoms. The molecule has 2 heterocycles. The lowest BCUT2D eigenvalue weighted by molar-refractivity contribution is 0.0706. The van der Waals surface area contributed by atoms with E-state index >= 15 is 0 Å². The van der Waals surface area contributed by atoms with Crippen molar-refractivity contribution >= 4 is 38.4 Å². The number of pyridine rings is 1. The molecule has 2 N–H and O–H groups in total. The Bertz CT molecular complexity index is 959. The van der Waals surface area contributed by atoms with Crippen molar-refractivity contribution < 1.29 is 10.0 Å². The number of anilines is 1. The molecule has 0 radical (unpaired) electrons. The van der Waals surface area contributed by atoms with E-state index in [4.69, 9.17) is 10.2 Å². The summed E-state index contributed by atoms with van der Waals surface area (Å²) >= 11 is 3.50. The van der Waals surface area contributed by atoms with Crippen molar-refractivity contribution in [3.63, 3.8) is 0 Å². The molecule has 1 fully saturated rings. The Morgan fingerprint density at radius 3 is 2.73 bits per heavy atom. The van der Waals surface area contributed by atoms with Gasteiger partial charge in [0.15, 0.2) is 0 Å². The average molecular weight is 412 g/mol. The number of carbonyl (C=O) groups excluding carboxylic acids is 1. The SMILES string of the molecule is O=C(NO)c1ccc(N2CCCC2c2ccc3cc(Br)ccc3n2)cc1. The van der Waals surface area contributed by atoms with E-state index in [1.54, 1.807) is 17.6 Å². The van der Waals surface area contributed by atoms with Gasteiger partial charge in [-0.2, -0.15) is 0 Å². The monoisotopic (exact) mass is 411 g/mol. The lowest BCUT2D eigenvalue weighted by Gasteiger charge is -2.26. The highest BCUT2D eigenvalue weighted by molar-refractivity contribution is 9.10. The first kappa shape index (κ1) is 17.0. The topological polar surface area (TPSA) is 65.5 Å². The molecule has 0 spiro atoms. The smallest absolute Gasteiger partial charge is 0.274 e. The third-order valence-corrected chi connectivity index (χ3v) is 5.32. The summed E-state index contributed by atoms with van der Waals surface area (Å²) in [5.41, 5.74) is 5.20. The molecule has 132 valence electrons. The molecule has 1 aliphatic heterocycles. The molecule has 5 nitrogen and oxygen atoms in total. The highest BCUT2D eigenvalue weighted by Crippen LogP contribution is 2.36. The highest BCUT2D eigenvalue weighted by atomic mass is 79.9. The minimum Gasteiger partial charge on any atom is -0.363 e. The molecule has 1 aliphatic rings. The normalized spacial score (nSPS) is 16.8. The second-order valence-electron chi connectivity index (χ2n) is 6.41. The van der Waals surface area contributed by atoms with E-state index in [0.29, 0.717) is 5.56 Å². The number of fused-ring (bicyclic) bond motifs is 1. The predicted octanol–water partition coefficient (Wildman–Crippen LogP) is 4.46. The first-order chi connectivity index (χ1) is 12.7. The maximum atomic E-state index is 11.5. The summed E-state index contributed by atoms with van der Waals surface area (Å²) in [6.07, 6.45) is 2.15. The van der Waals surface area contributed by atoms with Crippen LogP contribution >= 0.6 is 15.9 Å². The number of amides is 1. The Hall–Kier alpha value is -2.44. The molecule has 0 bridgehead atoms. The second kappa shape index (κ2) is 7.05. The Morgan fingerprint density at radius 2 is 1.96 bits per heavy atom. The van der Waals surface area contributed by atoms with Crippen molar-refractivity contribution in [2.24, 2.45) is 0 Å². The molecule has 1 unspecified atom stereocenters. The van der Waals surface area contributed by atoms with Crippen molar-refractivity contribution in [2.45, 2.75) is 18.9 Å². The van der Waals surface area contributed by atoms with Gasteiger partial charge >= 0.3 is 0 Å². The highest BCUT2D eigenvalue weighted by Gasteiger charge is 2.27. The largest absolute Gasteiger partial charge is 0.363 e. The Morgan fingerprint density at radius 1 is 1.15 bits per heavy atom. The Balaban J connectivity index is 1.64. The fraction of sp³-hybridized carbons (Fsp3) is 0.200. The van der Waals surface area contributed by atoms with Gasteiger partial charge in [-0.3, -0.25) is 15.0 Å². The third-order valence-electron chi connectivity index (χ3n) is 4.83. The minimum absolute atomic E-state index is 0.223. The van der Waals surface area contributed by atoms with Gasteiger partial charge in [0.25, 0.3) is 5.91 Å². The van der Waals surface area contributed by atoms with Crippen LogP contribution in [0.25, 0.3) is 10.9 Å². The number of nitrogens with one attached hydrogen (secondary N) is 1. The van der Waals surface area contributed by atoms with Gasteiger partial charge in [0.2, 0.25) is 0 Å². The van der Waals surface area contributed by atoms with Crippen LogP contribution < -0.4 is 10.4 Å². The third kappa shape index (κ3) is 3.18. The van der Waals surface area contributed by atoms with E-state index in [9.17, 15) is 4.79 Å². The molecule has 1 atom stereocenters. The van der Waals surface area contributed by atoms with Gasteiger partial charge in [-0.1, -0.05) is 22.0 Å². The van der Waals surface area contributed by atoms with Crippen LogP contribution in [-0.2, 0) is 0 Å². The van der Waals surface area contributed by atoms with Gasteiger partial charge in [-0.15, -0.1) is 0 Å². The van der Waals surface area contributed by atoms with E-state index in [0.717, 1.165) is 46.1 Å². The molecule has 26 heavy (non-hydrogen) atoms. The second-order valence-corrected chi connectivity index (χ2v) is 7.33. The van der Waals surface area contributed by atoms with Crippen LogP contribution in [0.3, 0.4) is 0 Å². The van der Waals surface area contributed by atoms with Crippen LogP contribution in [0.2, 0.25) is 0 Å². The number of rotatable bonds is 3. The standard InChI is InChI=1S/C20H18BrN3O2/c21-15-6-10-17-14(12-15)5-9-18(22-17)19-2-1-11-24(19)16-7-3-13(4-8-16)20(25)23-26/h3-10,12,19,26H,1-2,11H2,(H,23,25). The van der Waals surface area contributed by atoms with Gasteiger partial charge in [-0.05, 0) is 61.4 Å². The molecule has 1 aromatic heterocycles. The van der Waals surface area contributed by atoms with E-state index in [1.807, 2.05) is 24.3 Å². The molecule has 0 aliphatic carbocycles. The maximum absolute atomic E-state index is 11.5. The zero-order valence-electron chi connectivity index (χ0n) is 14.0. The average Bonchev–Trinajstić information content (AvgIpc) is 3.17. The molecule has 1 amide bonds. The number of hydrogen-bond donors (Lipinski definition) is 2. The molecule has 0 saturated carbocycles. The van der Waals surface area contributed by atoms with Crippen LogP contribution in [0.4, 0.5) is 5.69 Å². The van der Waals surface area contributed by atoms with Crippen LogP contribution in [0.15, 0.2) is 59.1 Å². The summed E-state index contributed by atoms with van der Waals surface area (Å²) in [5.74, 6) is -0.503. The summed E-state index contributed by atoms with van der Waals surface area (Å²) in [4.78, 5) is 18.7. The van der Waals surface area contributed by atoms with Gasteiger partial charge in [0.1, 0.15) is 0 Å². The number of nitrogens with zero attached hydrogens (tertiary/aromatic N) is 2. The van der Waals surface area contributed by atoms with E-state index in [1.165, 1.54) is 0 Å². The van der Waals surface area contributed by atoms with Crippen molar-refractivity contribution in [1.29, 1.82) is 0 Å². The van der Waals surface area contributed by atoms with Gasteiger partial charge in [-0.25, -0.2) is 5.48 Å². The first-order valence-electron chi connectivity index (χ1n) is 8.53. The van der Waals surface area contributed by atoms with Crippen LogP contribution in [0.5, 0.6) is 0 Å². The number of aromatic nitrogens is 1. The van der Waals surface area contributed by atoms with Gasteiger partial charge in [0, 0.05) is 27.7 Å². The number of carbonyl (C=O) groups is 1. The molecule has 3 aromatic rings. The molecule has 2 aromatic carbocycles. The fourth-order valence-electron chi connectivity index (χ4n) is 3.55. The summed E-state index contributed by atoms with van der Waals surface area (Å²) in [5, 5.41) is 9.86. The first-order valence-corrected chi connectivity index (χ1v) is 9.32. The summed E-state index contributed by atoms with van der Waals surface area (Å²) < 4.78 is 1.05. The van der Waals surface area contributed by atoms with Crippen molar-refractivity contribution in [3.05, 3.63) is 70.3 Å². The molecule has 1 saturated heterocycles. The summed E-state index contributed by atoms with van der Waals surface area (Å²) in [6.45, 7) is 0.955. The predicted molar refractivity (Wildman–Crippen MR) is 104 cm³/mol. The number of hydrogen-bond acceptors (Lipinski definition) is 4. The van der Waals surface area contributed by atoms with Crippen molar-refractivity contribution in [1.82, 2.24) is 10.5 Å². The van der Waals surface area contributed by atoms with Crippen molar-refractivity contribution in [3.8, 4) is 0 Å². The van der Waals surface area contributed by atoms with Crippen molar-refractivity contribution in [2.75, 3.05) is 11.4 Å². The van der Waals surface area contributed by atoms with E-state index in [-0.39, 0.29) is 6.04 Å². The Kier molecular flexibility index (Phi) is 4.61. The van der Waals surface area contributed by atoms with Crippen LogP contribution in [0.1, 0.15) is 34.9 Å². The summed E-state index contributed by atoms with van der Waals surface area (Å²) in [7, 11) is 0. The number of hydroxylamine groups is 1. The summed E-state index contributed by atoms with van der Waals surface area (Å²) in [6, 6.07) is 17.8. The quantitative estimate of drug-likeness (QED) is 0.493. The molecular formula is C20H18BrN3O2. The number of halogens is 1.